The van der Waals surface area contributed by atoms with Crippen molar-refractivity contribution >= 4 is 10.0 Å². The van der Waals surface area contributed by atoms with Gasteiger partial charge in [-0.25, -0.2) is 12.8 Å². The van der Waals surface area contributed by atoms with Gasteiger partial charge in [-0.3, -0.25) is 0 Å². The highest BCUT2D eigenvalue weighted by Gasteiger charge is 2.30. The Balaban J connectivity index is 3.42. The van der Waals surface area contributed by atoms with Gasteiger partial charge in [0.2, 0.25) is 10.0 Å². The third-order valence-corrected chi connectivity index (χ3v) is 4.88. The van der Waals surface area contributed by atoms with Crippen LogP contribution in [0.25, 0.3) is 0 Å². The Labute approximate surface area is 119 Å². The van der Waals surface area contributed by atoms with Gasteiger partial charge in [-0.2, -0.15) is 9.57 Å². The molecular formula is C14H19FN2O2S. The minimum Gasteiger partial charge on any atom is -0.207 e. The normalized spacial score (nSPS) is 12.2. The Morgan fingerprint density at radius 3 is 2.35 bits per heavy atom. The van der Waals surface area contributed by atoms with E-state index in [1.165, 1.54) is 16.4 Å². The maximum atomic E-state index is 13.6. The number of hydrogen-bond donors (Lipinski definition) is 0. The van der Waals surface area contributed by atoms with Crippen molar-refractivity contribution in [2.45, 2.75) is 38.6 Å². The first-order valence-electron chi connectivity index (χ1n) is 6.42. The van der Waals surface area contributed by atoms with Gasteiger partial charge in [0.25, 0.3) is 0 Å². The van der Waals surface area contributed by atoms with Crippen LogP contribution in [0.5, 0.6) is 0 Å². The van der Waals surface area contributed by atoms with Gasteiger partial charge in [0.05, 0.1) is 0 Å². The topological polar surface area (TPSA) is 61.2 Å². The van der Waals surface area contributed by atoms with E-state index in [4.69, 9.17) is 5.26 Å². The van der Waals surface area contributed by atoms with Crippen molar-refractivity contribution < 1.29 is 12.8 Å². The van der Waals surface area contributed by atoms with Crippen LogP contribution in [-0.2, 0) is 10.0 Å². The monoisotopic (exact) mass is 298 g/mol. The molecule has 0 aliphatic rings. The summed E-state index contributed by atoms with van der Waals surface area (Å²) in [5, 5.41) is 8.99. The average molecular weight is 298 g/mol. The van der Waals surface area contributed by atoms with Crippen LogP contribution in [0.15, 0.2) is 23.1 Å². The number of hydrogen-bond acceptors (Lipinski definition) is 3. The summed E-state index contributed by atoms with van der Waals surface area (Å²) in [5.74, 6) is -0.687. The van der Waals surface area contributed by atoms with Crippen LogP contribution in [-0.4, -0.2) is 25.3 Å². The lowest BCUT2D eigenvalue weighted by Crippen LogP contribution is -2.39. The van der Waals surface area contributed by atoms with Crippen molar-refractivity contribution in [2.24, 2.45) is 5.92 Å². The quantitative estimate of drug-likeness (QED) is 0.839. The fourth-order valence-corrected chi connectivity index (χ4v) is 3.85. The summed E-state index contributed by atoms with van der Waals surface area (Å²) in [4.78, 5) is -0.269. The third-order valence-electron chi connectivity index (χ3n) is 2.79. The Hall–Kier alpha value is -1.45. The Morgan fingerprint density at radius 1 is 1.30 bits per heavy atom. The molecule has 1 aromatic rings. The molecule has 0 aliphatic heterocycles. The van der Waals surface area contributed by atoms with Gasteiger partial charge in [0, 0.05) is 12.6 Å². The summed E-state index contributed by atoms with van der Waals surface area (Å²) >= 11 is 0. The molecule has 0 aliphatic carbocycles. The number of rotatable bonds is 5. The first kappa shape index (κ1) is 16.6. The Morgan fingerprint density at radius 2 is 1.90 bits per heavy atom. The second kappa shape index (κ2) is 6.33. The van der Waals surface area contributed by atoms with Crippen molar-refractivity contribution in [3.05, 3.63) is 29.6 Å². The van der Waals surface area contributed by atoms with E-state index in [0.29, 0.717) is 6.54 Å². The van der Waals surface area contributed by atoms with Gasteiger partial charge < -0.3 is 0 Å². The standard InChI is InChI=1S/C14H19FN2O2S/c1-10(2)9-17(11(3)4)20(18,19)14-7-5-6-13(15)12(14)8-16/h5-7,10-11H,9H2,1-4H3. The molecule has 1 aromatic carbocycles. The van der Waals surface area contributed by atoms with Gasteiger partial charge in [-0.15, -0.1) is 0 Å². The molecule has 0 bridgehead atoms. The Bertz CT molecular complexity index is 619. The number of nitrogens with zero attached hydrogens (tertiary/aromatic N) is 2. The van der Waals surface area contributed by atoms with Gasteiger partial charge >= 0.3 is 0 Å². The molecule has 0 fully saturated rings. The highest BCUT2D eigenvalue weighted by atomic mass is 32.2. The first-order valence-corrected chi connectivity index (χ1v) is 7.86. The fourth-order valence-electron chi connectivity index (χ4n) is 1.90. The molecule has 0 heterocycles. The van der Waals surface area contributed by atoms with Crippen LogP contribution in [0.2, 0.25) is 0 Å². The molecule has 110 valence electrons. The second-order valence-corrected chi connectivity index (χ2v) is 7.15. The predicted octanol–water partition coefficient (Wildman–Crippen LogP) is 2.75. The largest absolute Gasteiger partial charge is 0.244 e. The van der Waals surface area contributed by atoms with Crippen molar-refractivity contribution in [1.29, 1.82) is 5.26 Å². The van der Waals surface area contributed by atoms with Gasteiger partial charge in [0.1, 0.15) is 22.3 Å². The molecule has 0 radical (unpaired) electrons. The fraction of sp³-hybridized carbons (Fsp3) is 0.500. The van der Waals surface area contributed by atoms with Crippen LogP contribution in [0.3, 0.4) is 0 Å². The third kappa shape index (κ3) is 3.35. The van der Waals surface area contributed by atoms with Gasteiger partial charge in [-0.05, 0) is 31.9 Å². The minimum absolute atomic E-state index is 0.131. The average Bonchev–Trinajstić information content (AvgIpc) is 2.34. The SMILES string of the molecule is CC(C)CN(C(C)C)S(=O)(=O)c1cccc(F)c1C#N. The lowest BCUT2D eigenvalue weighted by Gasteiger charge is -2.27. The lowest BCUT2D eigenvalue weighted by molar-refractivity contribution is 0.318. The maximum absolute atomic E-state index is 13.6. The van der Waals surface area contributed by atoms with E-state index in [1.807, 2.05) is 13.8 Å². The molecule has 0 N–H and O–H groups in total. The van der Waals surface area contributed by atoms with E-state index in [9.17, 15) is 12.8 Å². The highest BCUT2D eigenvalue weighted by molar-refractivity contribution is 7.89. The van der Waals surface area contributed by atoms with Crippen LogP contribution in [0, 0.1) is 23.1 Å². The van der Waals surface area contributed by atoms with E-state index >= 15 is 0 Å². The molecule has 0 unspecified atom stereocenters. The summed E-state index contributed by atoms with van der Waals surface area (Å²) in [6.07, 6.45) is 0. The summed E-state index contributed by atoms with van der Waals surface area (Å²) < 4.78 is 40.2. The molecule has 0 saturated carbocycles. The molecule has 0 saturated heterocycles. The minimum atomic E-state index is -3.89. The zero-order chi connectivity index (χ0) is 15.5. The molecule has 6 heteroatoms. The smallest absolute Gasteiger partial charge is 0.207 e. The van der Waals surface area contributed by atoms with Crippen LogP contribution < -0.4 is 0 Å². The number of halogens is 1. The highest BCUT2D eigenvalue weighted by Crippen LogP contribution is 2.24. The van der Waals surface area contributed by atoms with E-state index in [-0.39, 0.29) is 16.9 Å². The summed E-state index contributed by atoms with van der Waals surface area (Å²) in [5.41, 5.74) is -0.429. The molecule has 0 spiro atoms. The van der Waals surface area contributed by atoms with E-state index in [1.54, 1.807) is 19.9 Å². The first-order chi connectivity index (χ1) is 9.21. The van der Waals surface area contributed by atoms with Crippen LogP contribution in [0.1, 0.15) is 33.3 Å². The van der Waals surface area contributed by atoms with Gasteiger partial charge in [0.15, 0.2) is 0 Å². The number of nitriles is 1. The van der Waals surface area contributed by atoms with E-state index < -0.39 is 21.4 Å². The van der Waals surface area contributed by atoms with Crippen molar-refractivity contribution in [1.82, 2.24) is 4.31 Å². The molecular weight excluding hydrogens is 279 g/mol. The van der Waals surface area contributed by atoms with E-state index in [2.05, 4.69) is 0 Å². The molecule has 1 rings (SSSR count). The second-order valence-electron chi connectivity index (χ2n) is 5.29. The van der Waals surface area contributed by atoms with Crippen molar-refractivity contribution in [2.75, 3.05) is 6.54 Å². The molecule has 20 heavy (non-hydrogen) atoms. The zero-order valence-corrected chi connectivity index (χ0v) is 12.9. The predicted molar refractivity (Wildman–Crippen MR) is 75.0 cm³/mol. The van der Waals surface area contributed by atoms with Gasteiger partial charge in [-0.1, -0.05) is 19.9 Å². The maximum Gasteiger partial charge on any atom is 0.244 e. The van der Waals surface area contributed by atoms with Crippen LogP contribution >= 0.6 is 0 Å². The lowest BCUT2D eigenvalue weighted by atomic mass is 10.2. The number of sulfonamides is 1. The molecule has 0 amide bonds. The molecule has 4 nitrogen and oxygen atoms in total. The van der Waals surface area contributed by atoms with Crippen molar-refractivity contribution in [3.8, 4) is 6.07 Å². The number of benzene rings is 1. The summed E-state index contributed by atoms with van der Waals surface area (Å²) in [6, 6.07) is 5.03. The Kier molecular flexibility index (Phi) is 5.26. The molecule has 0 atom stereocenters. The van der Waals surface area contributed by atoms with Crippen LogP contribution in [0.4, 0.5) is 4.39 Å². The van der Waals surface area contributed by atoms with E-state index in [0.717, 1.165) is 6.07 Å². The zero-order valence-electron chi connectivity index (χ0n) is 12.1. The van der Waals surface area contributed by atoms with Crippen molar-refractivity contribution in [3.63, 3.8) is 0 Å². The molecule has 0 aromatic heterocycles. The summed E-state index contributed by atoms with van der Waals surface area (Å²) in [7, 11) is -3.89. The summed E-state index contributed by atoms with van der Waals surface area (Å²) in [6.45, 7) is 7.64.